The average molecular weight is 475 g/mol. The van der Waals surface area contributed by atoms with E-state index in [-0.39, 0.29) is 11.3 Å². The number of aryl methyl sites for hydroxylation is 2. The zero-order chi connectivity index (χ0) is 24.0. The molecular formula is C26H22N2O5S. The summed E-state index contributed by atoms with van der Waals surface area (Å²) in [6.45, 7) is 6.18. The summed E-state index contributed by atoms with van der Waals surface area (Å²) in [6, 6.07) is 15.1. The quantitative estimate of drug-likeness (QED) is 0.361. The second-order valence-electron chi connectivity index (χ2n) is 7.96. The van der Waals surface area contributed by atoms with Crippen LogP contribution in [0.2, 0.25) is 0 Å². The SMILES string of the molecule is CCOc1ccc(C2C(C(=O)c3cc4ccccc4o3)=C(O)C(=O)N2c2nc(C)c(C)s2)cc1. The van der Waals surface area contributed by atoms with Gasteiger partial charge in [0.05, 0.1) is 23.9 Å². The van der Waals surface area contributed by atoms with Gasteiger partial charge in [-0.15, -0.1) is 11.3 Å². The maximum Gasteiger partial charge on any atom is 0.296 e. The maximum absolute atomic E-state index is 13.6. The van der Waals surface area contributed by atoms with Crippen LogP contribution in [0.5, 0.6) is 5.75 Å². The Balaban J connectivity index is 1.64. The molecule has 34 heavy (non-hydrogen) atoms. The predicted octanol–water partition coefficient (Wildman–Crippen LogP) is 5.69. The minimum absolute atomic E-state index is 0.0428. The number of Topliss-reactive ketones (excluding diaryl/α,β-unsaturated/α-hetero) is 1. The number of nitrogens with zero attached hydrogens (tertiary/aromatic N) is 2. The number of anilines is 1. The lowest BCUT2D eigenvalue weighted by Crippen LogP contribution is -2.31. The fourth-order valence-electron chi connectivity index (χ4n) is 4.05. The summed E-state index contributed by atoms with van der Waals surface area (Å²) in [4.78, 5) is 33.8. The van der Waals surface area contributed by atoms with E-state index in [2.05, 4.69) is 4.98 Å². The van der Waals surface area contributed by atoms with Crippen LogP contribution >= 0.6 is 11.3 Å². The van der Waals surface area contributed by atoms with E-state index in [0.29, 0.717) is 28.6 Å². The smallest absolute Gasteiger partial charge is 0.296 e. The van der Waals surface area contributed by atoms with Gasteiger partial charge in [-0.2, -0.15) is 0 Å². The number of carbonyl (C=O) groups excluding carboxylic acids is 2. The molecule has 7 nitrogen and oxygen atoms in total. The van der Waals surface area contributed by atoms with Crippen molar-refractivity contribution in [2.24, 2.45) is 0 Å². The normalized spacial score (nSPS) is 16.0. The summed E-state index contributed by atoms with van der Waals surface area (Å²) in [5.74, 6) is -1.10. The van der Waals surface area contributed by atoms with E-state index in [9.17, 15) is 14.7 Å². The molecule has 172 valence electrons. The number of benzene rings is 2. The Morgan fingerprint density at radius 2 is 1.91 bits per heavy atom. The molecule has 1 unspecified atom stereocenters. The van der Waals surface area contributed by atoms with Gasteiger partial charge in [0, 0.05) is 10.3 Å². The number of hydrogen-bond donors (Lipinski definition) is 1. The molecule has 0 fully saturated rings. The number of amides is 1. The van der Waals surface area contributed by atoms with Crippen molar-refractivity contribution < 1.29 is 23.8 Å². The predicted molar refractivity (Wildman–Crippen MR) is 130 cm³/mol. The number of carbonyl (C=O) groups is 2. The number of rotatable bonds is 6. The molecule has 0 aliphatic carbocycles. The first-order chi connectivity index (χ1) is 16.4. The molecule has 0 bridgehead atoms. The molecule has 5 rings (SSSR count). The number of hydrogen-bond acceptors (Lipinski definition) is 7. The van der Waals surface area contributed by atoms with E-state index in [4.69, 9.17) is 9.15 Å². The fourth-order valence-corrected chi connectivity index (χ4v) is 4.98. The number of aromatic nitrogens is 1. The Labute approximate surface area is 199 Å². The third-order valence-corrected chi connectivity index (χ3v) is 6.90. The zero-order valence-electron chi connectivity index (χ0n) is 18.9. The highest BCUT2D eigenvalue weighted by Gasteiger charge is 2.46. The molecule has 4 aromatic rings. The van der Waals surface area contributed by atoms with Gasteiger partial charge in [-0.05, 0) is 50.6 Å². The van der Waals surface area contributed by atoms with E-state index in [1.807, 2.05) is 39.0 Å². The average Bonchev–Trinajstić information content (AvgIpc) is 3.48. The first-order valence-electron chi connectivity index (χ1n) is 10.9. The highest BCUT2D eigenvalue weighted by molar-refractivity contribution is 7.15. The fraction of sp³-hybridized carbons (Fsp3) is 0.192. The van der Waals surface area contributed by atoms with Crippen molar-refractivity contribution in [3.63, 3.8) is 0 Å². The van der Waals surface area contributed by atoms with Crippen LogP contribution in [0.15, 0.2) is 70.3 Å². The lowest BCUT2D eigenvalue weighted by Gasteiger charge is -2.24. The topological polar surface area (TPSA) is 92.9 Å². The van der Waals surface area contributed by atoms with Crippen LogP contribution in [-0.2, 0) is 4.79 Å². The molecule has 1 aliphatic heterocycles. The molecule has 0 saturated carbocycles. The van der Waals surface area contributed by atoms with Gasteiger partial charge < -0.3 is 14.3 Å². The molecule has 8 heteroatoms. The molecule has 0 spiro atoms. The number of thiazole rings is 1. The number of furan rings is 1. The van der Waals surface area contributed by atoms with Gasteiger partial charge in [-0.1, -0.05) is 30.3 Å². The van der Waals surface area contributed by atoms with Crippen molar-refractivity contribution in [1.29, 1.82) is 0 Å². The molecule has 1 atom stereocenters. The first kappa shape index (κ1) is 21.9. The molecule has 3 heterocycles. The number of aliphatic hydroxyl groups is 1. The third kappa shape index (κ3) is 3.56. The molecule has 0 radical (unpaired) electrons. The van der Waals surface area contributed by atoms with E-state index >= 15 is 0 Å². The van der Waals surface area contributed by atoms with Gasteiger partial charge in [0.15, 0.2) is 16.7 Å². The second-order valence-corrected chi connectivity index (χ2v) is 9.14. The summed E-state index contributed by atoms with van der Waals surface area (Å²) in [5.41, 5.74) is 1.94. The number of ether oxygens (including phenoxy) is 1. The third-order valence-electron chi connectivity index (χ3n) is 5.83. The highest BCUT2D eigenvalue weighted by Crippen LogP contribution is 2.44. The number of fused-ring (bicyclic) bond motifs is 1. The number of aliphatic hydroxyl groups excluding tert-OH is 1. The monoisotopic (exact) mass is 474 g/mol. The second kappa shape index (κ2) is 8.46. The molecule has 2 aromatic heterocycles. The molecule has 1 N–H and O–H groups in total. The van der Waals surface area contributed by atoms with Gasteiger partial charge in [-0.3, -0.25) is 14.5 Å². The summed E-state index contributed by atoms with van der Waals surface area (Å²) in [7, 11) is 0. The Morgan fingerprint density at radius 3 is 2.56 bits per heavy atom. The minimum Gasteiger partial charge on any atom is -0.503 e. The summed E-state index contributed by atoms with van der Waals surface area (Å²) < 4.78 is 11.3. The van der Waals surface area contributed by atoms with Crippen LogP contribution < -0.4 is 9.64 Å². The Bertz CT molecular complexity index is 1400. The van der Waals surface area contributed by atoms with Crippen molar-refractivity contribution in [3.05, 3.63) is 87.8 Å². The van der Waals surface area contributed by atoms with Gasteiger partial charge in [-0.25, -0.2) is 4.98 Å². The largest absolute Gasteiger partial charge is 0.503 e. The van der Waals surface area contributed by atoms with Crippen LogP contribution in [0.4, 0.5) is 5.13 Å². The van der Waals surface area contributed by atoms with E-state index in [1.54, 1.807) is 36.4 Å². The summed E-state index contributed by atoms with van der Waals surface area (Å²) in [5, 5.41) is 12.1. The molecular weight excluding hydrogens is 452 g/mol. The van der Waals surface area contributed by atoms with Gasteiger partial charge >= 0.3 is 0 Å². The highest BCUT2D eigenvalue weighted by atomic mass is 32.1. The van der Waals surface area contributed by atoms with Crippen molar-refractivity contribution in [3.8, 4) is 5.75 Å². The van der Waals surface area contributed by atoms with E-state index < -0.39 is 23.5 Å². The number of para-hydroxylation sites is 1. The molecule has 0 saturated heterocycles. The Kier molecular flexibility index (Phi) is 5.45. The minimum atomic E-state index is -0.867. The van der Waals surface area contributed by atoms with Crippen molar-refractivity contribution in [2.45, 2.75) is 26.8 Å². The van der Waals surface area contributed by atoms with Gasteiger partial charge in [0.1, 0.15) is 11.3 Å². The van der Waals surface area contributed by atoms with Crippen LogP contribution in [0.25, 0.3) is 11.0 Å². The lowest BCUT2D eigenvalue weighted by molar-refractivity contribution is -0.117. The molecule has 1 aliphatic rings. The molecule has 1 amide bonds. The Morgan fingerprint density at radius 1 is 1.18 bits per heavy atom. The van der Waals surface area contributed by atoms with Crippen LogP contribution in [0.1, 0.15) is 39.7 Å². The maximum atomic E-state index is 13.6. The van der Waals surface area contributed by atoms with Gasteiger partial charge in [0.2, 0.25) is 5.78 Å². The van der Waals surface area contributed by atoms with E-state index in [0.717, 1.165) is 16.0 Å². The standard InChI is InChI=1S/C26H22N2O5S/c1-4-32-18-11-9-16(10-12-18)22-21(23(29)20-13-17-7-5-6-8-19(17)33-20)24(30)25(31)28(22)26-27-14(2)15(3)34-26/h5-13,22,30H,4H2,1-3H3. The van der Waals surface area contributed by atoms with Crippen molar-refractivity contribution in [2.75, 3.05) is 11.5 Å². The number of ketones is 1. The van der Waals surface area contributed by atoms with Gasteiger partial charge in [0.25, 0.3) is 5.91 Å². The van der Waals surface area contributed by atoms with Crippen LogP contribution in [0.3, 0.4) is 0 Å². The van der Waals surface area contributed by atoms with Crippen molar-refractivity contribution in [1.82, 2.24) is 4.98 Å². The molecule has 2 aromatic carbocycles. The summed E-state index contributed by atoms with van der Waals surface area (Å²) in [6.07, 6.45) is 0. The van der Waals surface area contributed by atoms with Crippen LogP contribution in [-0.4, -0.2) is 28.4 Å². The summed E-state index contributed by atoms with van der Waals surface area (Å²) >= 11 is 1.34. The Hall–Kier alpha value is -3.91. The zero-order valence-corrected chi connectivity index (χ0v) is 19.7. The van der Waals surface area contributed by atoms with Crippen LogP contribution in [0, 0.1) is 13.8 Å². The van der Waals surface area contributed by atoms with E-state index in [1.165, 1.54) is 16.2 Å². The lowest BCUT2D eigenvalue weighted by atomic mass is 9.95. The van der Waals surface area contributed by atoms with Crippen molar-refractivity contribution >= 4 is 39.1 Å². The first-order valence-corrected chi connectivity index (χ1v) is 11.7.